The number of aromatic nitrogens is 4. The van der Waals surface area contributed by atoms with Crippen LogP contribution in [0.4, 0.5) is 0 Å². The summed E-state index contributed by atoms with van der Waals surface area (Å²) in [5.74, 6) is 0. The van der Waals surface area contributed by atoms with E-state index in [1.165, 1.54) is 0 Å². The molecule has 77 heavy (non-hydrogen) atoms. The standard InChI is InChI=1S/C72H50N4Si/c1-6-21-54(22-7-1)74-65-34-17-16-32-62(65)71-68(74)43-41-61-64-47-53(60-33-19-35-67-70(60)63-44-45-73-48-69(63)75(67)55-23-8-2-9-24-55)40-42-66(64)76(72(61)71)56-25-18-20-52(46-56)51-38-36-50(37-39-51)49-77(57-26-10-3-11-27-57,58-28-12-4-13-29-58)59-30-14-5-15-31-59/h1-48H,49H2/i3D,4D,5D,10D,11D,12D,13D,14D,15D,26D,27D,28D,29D,30D,31D,36D,37D,38D,39D. The third-order valence-corrected chi connectivity index (χ3v) is 19.0. The lowest BCUT2D eigenvalue weighted by atomic mass is 9.98. The lowest BCUT2D eigenvalue weighted by Gasteiger charge is -2.34. The van der Waals surface area contributed by atoms with Crippen molar-refractivity contribution in [1.29, 1.82) is 0 Å². The predicted octanol–water partition coefficient (Wildman–Crippen LogP) is 16.0. The van der Waals surface area contributed by atoms with Gasteiger partial charge in [0.1, 0.15) is 0 Å². The van der Waals surface area contributed by atoms with E-state index in [9.17, 15) is 13.7 Å². The van der Waals surface area contributed by atoms with E-state index in [0.29, 0.717) is 5.69 Å². The SMILES string of the molecule is [2H]c1c([2H])c([2H])c([Si](Cc2c([2H])c([2H])c(-c3cccc(-n4c5ccc(-c6cccc7c6c6ccncc6n7-c6ccccc6)cc5c5ccc6c(c7ccccc7n6-c6ccccc6)c54)c3)c([2H])c2[2H])(c2c([2H])c([2H])c([2H])c([2H])c2[2H])c2c([2H])c([2H])c([2H])c([2H])c2[2H])c([2H])c1[2H]. The molecule has 0 saturated carbocycles. The lowest BCUT2D eigenvalue weighted by molar-refractivity contribution is 1.17. The molecule has 0 amide bonds. The molecule has 4 aromatic heterocycles. The van der Waals surface area contributed by atoms with Gasteiger partial charge >= 0.3 is 0 Å². The van der Waals surface area contributed by atoms with Crippen LogP contribution < -0.4 is 15.6 Å². The second kappa shape index (κ2) is 18.2. The highest BCUT2D eigenvalue weighted by Crippen LogP contribution is 2.45. The van der Waals surface area contributed by atoms with Crippen molar-refractivity contribution in [2.24, 2.45) is 0 Å². The van der Waals surface area contributed by atoms with Crippen LogP contribution in [0, 0.1) is 0 Å². The quantitative estimate of drug-likeness (QED) is 0.0991. The van der Waals surface area contributed by atoms with Gasteiger partial charge in [-0.15, -0.1) is 0 Å². The monoisotopic (exact) mass is 1020 g/mol. The number of fused-ring (bicyclic) bond motifs is 10. The second-order valence-corrected chi connectivity index (χ2v) is 22.5. The van der Waals surface area contributed by atoms with E-state index in [1.807, 2.05) is 66.9 Å². The summed E-state index contributed by atoms with van der Waals surface area (Å²) in [5.41, 5.74) is 9.35. The topological polar surface area (TPSA) is 27.7 Å². The number of benzene rings is 11. The molecule has 15 rings (SSSR count). The number of hydrogen-bond acceptors (Lipinski definition) is 1. The molecular formula is C72H50N4Si. The van der Waals surface area contributed by atoms with Crippen molar-refractivity contribution in [2.75, 3.05) is 0 Å². The molecule has 0 radical (unpaired) electrons. The van der Waals surface area contributed by atoms with Gasteiger partial charge in [-0.2, -0.15) is 0 Å². The number of para-hydroxylation sites is 3. The first kappa shape index (κ1) is 29.3. The molecule has 0 unspecified atom stereocenters. The van der Waals surface area contributed by atoms with Crippen molar-refractivity contribution in [3.63, 3.8) is 0 Å². The maximum absolute atomic E-state index is 9.97. The van der Waals surface area contributed by atoms with E-state index in [-0.39, 0.29) is 11.1 Å². The van der Waals surface area contributed by atoms with Crippen LogP contribution in [-0.2, 0) is 6.04 Å². The Bertz CT molecular complexity index is 5600. The summed E-state index contributed by atoms with van der Waals surface area (Å²) < 4.78 is 183. The van der Waals surface area contributed by atoms with Gasteiger partial charge in [-0.05, 0) is 122 Å². The van der Waals surface area contributed by atoms with Crippen molar-refractivity contribution >= 4 is 89.1 Å². The summed E-state index contributed by atoms with van der Waals surface area (Å²) in [6, 6.07) is 36.1. The Kier molecular flexibility index (Phi) is 6.94. The average Bonchev–Trinajstić information content (AvgIpc) is 0.813. The van der Waals surface area contributed by atoms with E-state index >= 15 is 0 Å². The number of pyridine rings is 1. The van der Waals surface area contributed by atoms with Gasteiger partial charge in [0.05, 0.1) is 65.3 Å². The van der Waals surface area contributed by atoms with Crippen molar-refractivity contribution in [1.82, 2.24) is 18.7 Å². The van der Waals surface area contributed by atoms with Crippen molar-refractivity contribution in [3.05, 3.63) is 297 Å². The number of rotatable bonds is 10. The Morgan fingerprint density at radius 2 is 0.922 bits per heavy atom. The van der Waals surface area contributed by atoms with Crippen LogP contribution in [0.1, 0.15) is 31.6 Å². The summed E-state index contributed by atoms with van der Waals surface area (Å²) in [4.78, 5) is 4.56. The predicted molar refractivity (Wildman–Crippen MR) is 326 cm³/mol. The Balaban J connectivity index is 0.987. The molecule has 11 aromatic carbocycles. The molecule has 5 heteroatoms. The van der Waals surface area contributed by atoms with Crippen LogP contribution in [-0.4, -0.2) is 26.8 Å². The zero-order valence-electron chi connectivity index (χ0n) is 59.7. The van der Waals surface area contributed by atoms with Gasteiger partial charge in [-0.1, -0.05) is 206 Å². The highest BCUT2D eigenvalue weighted by molar-refractivity contribution is 7.11. The number of hydrogen-bond donors (Lipinski definition) is 0. The van der Waals surface area contributed by atoms with Crippen LogP contribution in [0.25, 0.3) is 105 Å². The fourth-order valence-corrected chi connectivity index (χ4v) is 15.2. The molecule has 0 saturated heterocycles. The number of nitrogens with zero attached hydrogens (tertiary/aromatic N) is 4. The van der Waals surface area contributed by atoms with Crippen molar-refractivity contribution in [2.45, 2.75) is 6.04 Å². The highest BCUT2D eigenvalue weighted by atomic mass is 28.3. The minimum atomic E-state index is -5.63. The Labute approximate surface area is 474 Å². The molecule has 0 aliphatic heterocycles. The van der Waals surface area contributed by atoms with Crippen LogP contribution in [0.5, 0.6) is 0 Å². The smallest absolute Gasteiger partial charge is 0.152 e. The van der Waals surface area contributed by atoms with E-state index in [4.69, 9.17) is 12.3 Å². The Morgan fingerprint density at radius 3 is 1.61 bits per heavy atom. The minimum absolute atomic E-state index is 0.192. The first-order valence-electron chi connectivity index (χ1n) is 34.5. The molecule has 0 aliphatic rings. The first-order chi connectivity index (χ1) is 46.1. The van der Waals surface area contributed by atoms with Gasteiger partial charge in [-0.25, -0.2) is 0 Å². The third kappa shape index (κ3) is 7.16. The summed E-state index contributed by atoms with van der Waals surface area (Å²) in [5, 5.41) is 3.43. The molecule has 0 spiro atoms. The second-order valence-electron chi connectivity index (χ2n) is 18.9. The summed E-state index contributed by atoms with van der Waals surface area (Å²) in [6.45, 7) is 0. The van der Waals surface area contributed by atoms with Gasteiger partial charge < -0.3 is 13.7 Å². The average molecular weight is 1020 g/mol. The molecule has 0 atom stereocenters. The zero-order chi connectivity index (χ0) is 67.4. The van der Waals surface area contributed by atoms with Gasteiger partial charge in [0.15, 0.2) is 8.07 Å². The minimum Gasteiger partial charge on any atom is -0.309 e. The summed E-state index contributed by atoms with van der Waals surface area (Å²) in [7, 11) is -5.63. The fraction of sp³-hybridized carbons (Fsp3) is 0.0139. The molecule has 4 nitrogen and oxygen atoms in total. The normalized spacial score (nSPS) is 15.4. The maximum atomic E-state index is 9.97. The van der Waals surface area contributed by atoms with Crippen molar-refractivity contribution < 1.29 is 26.0 Å². The highest BCUT2D eigenvalue weighted by Gasteiger charge is 2.39. The van der Waals surface area contributed by atoms with Crippen molar-refractivity contribution in [3.8, 4) is 39.3 Å². The first-order valence-corrected chi connectivity index (χ1v) is 27.2. The largest absolute Gasteiger partial charge is 0.309 e. The van der Waals surface area contributed by atoms with Gasteiger partial charge in [-0.3, -0.25) is 4.98 Å². The Hall–Kier alpha value is -9.81. The molecule has 0 N–H and O–H groups in total. The molecule has 15 aromatic rings. The molecule has 362 valence electrons. The fourth-order valence-electron chi connectivity index (χ4n) is 11.5. The van der Waals surface area contributed by atoms with E-state index in [2.05, 4.69) is 104 Å². The van der Waals surface area contributed by atoms with Gasteiger partial charge in [0.25, 0.3) is 0 Å². The molecule has 0 aliphatic carbocycles. The molecule has 0 fully saturated rings. The third-order valence-electron chi connectivity index (χ3n) is 14.8. The Morgan fingerprint density at radius 1 is 0.364 bits per heavy atom. The lowest BCUT2D eigenvalue weighted by Crippen LogP contribution is -2.68. The van der Waals surface area contributed by atoms with Crippen LogP contribution in [0.3, 0.4) is 0 Å². The molecule has 4 heterocycles. The summed E-state index contributed by atoms with van der Waals surface area (Å²) >= 11 is 0. The van der Waals surface area contributed by atoms with E-state index in [1.54, 1.807) is 24.4 Å². The molecule has 0 bridgehead atoms. The molecular weight excluding hydrogens is 949 g/mol. The van der Waals surface area contributed by atoms with E-state index in [0.717, 1.165) is 87.9 Å². The summed E-state index contributed by atoms with van der Waals surface area (Å²) in [6.07, 6.45) is 3.69. The zero-order valence-corrected chi connectivity index (χ0v) is 41.7. The van der Waals surface area contributed by atoms with Crippen LogP contribution in [0.2, 0.25) is 0 Å². The van der Waals surface area contributed by atoms with Crippen LogP contribution >= 0.6 is 0 Å². The van der Waals surface area contributed by atoms with Gasteiger partial charge in [0, 0.05) is 55.6 Å². The van der Waals surface area contributed by atoms with Crippen LogP contribution in [0.15, 0.2) is 291 Å². The van der Waals surface area contributed by atoms with Gasteiger partial charge in [0.2, 0.25) is 0 Å². The maximum Gasteiger partial charge on any atom is 0.152 e. The van der Waals surface area contributed by atoms with E-state index < -0.39 is 150 Å².